The van der Waals surface area contributed by atoms with E-state index in [9.17, 15) is 9.90 Å². The van der Waals surface area contributed by atoms with Crippen molar-refractivity contribution in [1.29, 1.82) is 0 Å². The van der Waals surface area contributed by atoms with Crippen LogP contribution >= 0.6 is 0 Å². The second-order valence-corrected chi connectivity index (χ2v) is 7.33. The van der Waals surface area contributed by atoms with Gasteiger partial charge < -0.3 is 25.0 Å². The highest BCUT2D eigenvalue weighted by atomic mass is 16.5. The number of aromatic nitrogens is 1. The van der Waals surface area contributed by atoms with Gasteiger partial charge in [0.1, 0.15) is 11.3 Å². The fraction of sp³-hybridized carbons (Fsp3) is 0.227. The first kappa shape index (κ1) is 17.8. The minimum Gasteiger partial charge on any atom is -0.508 e. The minimum absolute atomic E-state index is 0.165. The summed E-state index contributed by atoms with van der Waals surface area (Å²) in [4.78, 5) is 18.8. The molecular formula is C22H21N3O4. The van der Waals surface area contributed by atoms with E-state index < -0.39 is 0 Å². The van der Waals surface area contributed by atoms with Crippen molar-refractivity contribution in [1.82, 2.24) is 9.88 Å². The van der Waals surface area contributed by atoms with Crippen molar-refractivity contribution in [2.45, 2.75) is 6.54 Å². The topological polar surface area (TPSA) is 105 Å². The quantitative estimate of drug-likeness (QED) is 0.364. The number of carbonyl (C=O) groups is 1. The van der Waals surface area contributed by atoms with Gasteiger partial charge in [0.05, 0.1) is 18.9 Å². The Morgan fingerprint density at radius 2 is 1.97 bits per heavy atom. The molecule has 2 aromatic carbocycles. The fourth-order valence-corrected chi connectivity index (χ4v) is 3.87. The maximum absolute atomic E-state index is 13.4. The van der Waals surface area contributed by atoms with Crippen LogP contribution in [-0.2, 0) is 11.3 Å². The Hall–Kier alpha value is -3.29. The Morgan fingerprint density at radius 3 is 2.79 bits per heavy atom. The SMILES string of the molecule is Nc1ccc2oc(C(=O)c3[nH]c4ccc(O)cc4c3CN3CCOCC3)cc2c1. The molecule has 1 aliphatic rings. The number of nitrogens with two attached hydrogens (primary N) is 1. The van der Waals surface area contributed by atoms with E-state index in [2.05, 4.69) is 9.88 Å². The molecule has 7 heteroatoms. The number of hydrogen-bond donors (Lipinski definition) is 3. The Bertz CT molecular complexity index is 1220. The number of rotatable bonds is 4. The van der Waals surface area contributed by atoms with Gasteiger partial charge in [0, 0.05) is 47.2 Å². The number of carbonyl (C=O) groups excluding carboxylic acids is 1. The van der Waals surface area contributed by atoms with Gasteiger partial charge in [-0.15, -0.1) is 0 Å². The smallest absolute Gasteiger partial charge is 0.244 e. The molecule has 4 N–H and O–H groups in total. The second kappa shape index (κ2) is 6.95. The number of ether oxygens (including phenoxy) is 1. The van der Waals surface area contributed by atoms with Crippen LogP contribution in [0.5, 0.6) is 5.75 Å². The molecule has 0 aliphatic carbocycles. The molecule has 0 amide bonds. The van der Waals surface area contributed by atoms with Gasteiger partial charge in [0.25, 0.3) is 0 Å². The number of nitrogens with zero attached hydrogens (tertiary/aromatic N) is 1. The summed E-state index contributed by atoms with van der Waals surface area (Å²) in [7, 11) is 0. The van der Waals surface area contributed by atoms with Crippen molar-refractivity contribution >= 4 is 33.3 Å². The number of benzene rings is 2. The van der Waals surface area contributed by atoms with Gasteiger partial charge in [0.15, 0.2) is 5.76 Å². The van der Waals surface area contributed by atoms with E-state index in [1.807, 2.05) is 0 Å². The molecule has 4 aromatic rings. The molecule has 0 saturated carbocycles. The highest BCUT2D eigenvalue weighted by molar-refractivity contribution is 6.12. The average Bonchev–Trinajstić information content (AvgIpc) is 3.29. The molecule has 0 bridgehead atoms. The third kappa shape index (κ3) is 3.24. The van der Waals surface area contributed by atoms with Crippen molar-refractivity contribution in [2.75, 3.05) is 32.0 Å². The van der Waals surface area contributed by atoms with Crippen molar-refractivity contribution in [3.63, 3.8) is 0 Å². The van der Waals surface area contributed by atoms with Crippen LogP contribution in [-0.4, -0.2) is 47.1 Å². The zero-order valence-electron chi connectivity index (χ0n) is 15.8. The molecule has 3 heterocycles. The molecule has 0 atom stereocenters. The molecule has 0 unspecified atom stereocenters. The number of aromatic amines is 1. The standard InChI is InChI=1S/C22H21N3O4/c23-14-1-4-19-13(9-14)10-20(29-19)22(27)21-17(12-25-5-7-28-8-6-25)16-11-15(26)2-3-18(16)24-21/h1-4,9-11,24,26H,5-8,12,23H2. The molecule has 5 rings (SSSR count). The molecule has 7 nitrogen and oxygen atoms in total. The van der Waals surface area contributed by atoms with Gasteiger partial charge in [-0.2, -0.15) is 0 Å². The number of ketones is 1. The zero-order chi connectivity index (χ0) is 20.0. The fourth-order valence-electron chi connectivity index (χ4n) is 3.87. The van der Waals surface area contributed by atoms with Crippen molar-refractivity contribution in [3.8, 4) is 5.75 Å². The van der Waals surface area contributed by atoms with Gasteiger partial charge in [0.2, 0.25) is 5.78 Å². The van der Waals surface area contributed by atoms with Gasteiger partial charge in [-0.25, -0.2) is 0 Å². The molecule has 2 aromatic heterocycles. The monoisotopic (exact) mass is 391 g/mol. The van der Waals surface area contributed by atoms with E-state index in [4.69, 9.17) is 14.9 Å². The Morgan fingerprint density at radius 1 is 1.14 bits per heavy atom. The van der Waals surface area contributed by atoms with Gasteiger partial charge in [-0.3, -0.25) is 9.69 Å². The van der Waals surface area contributed by atoms with Crippen LogP contribution in [0.4, 0.5) is 5.69 Å². The van der Waals surface area contributed by atoms with Crippen LogP contribution in [0.15, 0.2) is 46.9 Å². The van der Waals surface area contributed by atoms with Crippen LogP contribution in [0.25, 0.3) is 21.9 Å². The average molecular weight is 391 g/mol. The summed E-state index contributed by atoms with van der Waals surface area (Å²) < 4.78 is 11.2. The Kier molecular flexibility index (Phi) is 4.26. The van der Waals surface area contributed by atoms with Gasteiger partial charge in [-0.1, -0.05) is 0 Å². The maximum Gasteiger partial charge on any atom is 0.244 e. The van der Waals surface area contributed by atoms with E-state index in [0.29, 0.717) is 36.7 Å². The van der Waals surface area contributed by atoms with E-state index in [1.165, 1.54) is 0 Å². The van der Waals surface area contributed by atoms with Crippen molar-refractivity contribution in [2.24, 2.45) is 0 Å². The summed E-state index contributed by atoms with van der Waals surface area (Å²) in [6, 6.07) is 12.1. The summed E-state index contributed by atoms with van der Waals surface area (Å²) >= 11 is 0. The predicted octanol–water partition coefficient (Wildman–Crippen LogP) is 3.27. The number of phenolic OH excluding ortho intramolecular Hbond substituents is 1. The van der Waals surface area contributed by atoms with E-state index in [0.717, 1.165) is 34.9 Å². The number of nitrogens with one attached hydrogen (secondary N) is 1. The molecule has 0 radical (unpaired) electrons. The van der Waals surface area contributed by atoms with Crippen LogP contribution in [0, 0.1) is 0 Å². The molecule has 29 heavy (non-hydrogen) atoms. The lowest BCUT2D eigenvalue weighted by Gasteiger charge is -2.26. The Balaban J connectivity index is 1.60. The van der Waals surface area contributed by atoms with Crippen molar-refractivity contribution in [3.05, 3.63) is 59.5 Å². The largest absolute Gasteiger partial charge is 0.508 e. The lowest BCUT2D eigenvalue weighted by atomic mass is 10.1. The molecule has 0 spiro atoms. The number of H-pyrrole nitrogens is 1. The van der Waals surface area contributed by atoms with E-state index in [-0.39, 0.29) is 17.3 Å². The second-order valence-electron chi connectivity index (χ2n) is 7.33. The third-order valence-electron chi connectivity index (χ3n) is 5.37. The molecular weight excluding hydrogens is 370 g/mol. The first-order chi connectivity index (χ1) is 14.1. The van der Waals surface area contributed by atoms with Crippen LogP contribution in [0.1, 0.15) is 21.8 Å². The van der Waals surface area contributed by atoms with Crippen LogP contribution < -0.4 is 5.73 Å². The normalized spacial score (nSPS) is 15.3. The van der Waals surface area contributed by atoms with Gasteiger partial charge in [-0.05, 0) is 42.5 Å². The number of aromatic hydroxyl groups is 1. The molecule has 1 saturated heterocycles. The first-order valence-corrected chi connectivity index (χ1v) is 9.56. The van der Waals surface area contributed by atoms with E-state index >= 15 is 0 Å². The summed E-state index contributed by atoms with van der Waals surface area (Å²) in [5.41, 5.74) is 9.20. The number of hydrogen-bond acceptors (Lipinski definition) is 6. The predicted molar refractivity (Wildman–Crippen MR) is 110 cm³/mol. The zero-order valence-corrected chi connectivity index (χ0v) is 15.8. The minimum atomic E-state index is -0.223. The number of anilines is 1. The van der Waals surface area contributed by atoms with Crippen LogP contribution in [0.2, 0.25) is 0 Å². The number of phenols is 1. The molecule has 148 valence electrons. The summed E-state index contributed by atoms with van der Waals surface area (Å²) in [6.45, 7) is 3.51. The first-order valence-electron chi connectivity index (χ1n) is 9.56. The Labute approximate surface area is 166 Å². The number of nitrogen functional groups attached to an aromatic ring is 1. The summed E-state index contributed by atoms with van der Waals surface area (Å²) in [6.07, 6.45) is 0. The highest BCUT2D eigenvalue weighted by Gasteiger charge is 2.24. The lowest BCUT2D eigenvalue weighted by Crippen LogP contribution is -2.36. The molecule has 1 aliphatic heterocycles. The summed E-state index contributed by atoms with van der Waals surface area (Å²) in [5.74, 6) is 0.196. The van der Waals surface area contributed by atoms with Gasteiger partial charge >= 0.3 is 0 Å². The third-order valence-corrected chi connectivity index (χ3v) is 5.37. The molecule has 1 fully saturated rings. The number of morpholine rings is 1. The number of furan rings is 1. The highest BCUT2D eigenvalue weighted by Crippen LogP contribution is 2.30. The maximum atomic E-state index is 13.4. The van der Waals surface area contributed by atoms with E-state index in [1.54, 1.807) is 42.5 Å². The van der Waals surface area contributed by atoms with Crippen molar-refractivity contribution < 1.29 is 19.1 Å². The lowest BCUT2D eigenvalue weighted by molar-refractivity contribution is 0.0342. The van der Waals surface area contributed by atoms with Crippen LogP contribution in [0.3, 0.4) is 0 Å². The number of fused-ring (bicyclic) bond motifs is 2. The summed E-state index contributed by atoms with van der Waals surface area (Å²) in [5, 5.41) is 11.6.